The van der Waals surface area contributed by atoms with E-state index in [0.29, 0.717) is 0 Å². The molecule has 0 aromatic heterocycles. The lowest BCUT2D eigenvalue weighted by Crippen LogP contribution is -2.57. The van der Waals surface area contributed by atoms with Gasteiger partial charge in [0.1, 0.15) is 23.7 Å². The van der Waals surface area contributed by atoms with Crippen LogP contribution in [-0.4, -0.2) is 46.6 Å². The summed E-state index contributed by atoms with van der Waals surface area (Å²) in [5.74, 6) is 0. The van der Waals surface area contributed by atoms with Gasteiger partial charge < -0.3 is 19.7 Å². The van der Waals surface area contributed by atoms with E-state index >= 15 is 0 Å². The zero-order valence-electron chi connectivity index (χ0n) is 15.5. The molecule has 1 unspecified atom stereocenters. The molecule has 8 heteroatoms. The highest BCUT2D eigenvalue weighted by atomic mass is 32.2. The molecule has 0 radical (unpaired) electrons. The number of nitrogens with zero attached hydrogens (tertiary/aromatic N) is 3. The van der Waals surface area contributed by atoms with Crippen molar-refractivity contribution in [1.29, 1.82) is 0 Å². The molecule has 0 aliphatic carbocycles. The highest BCUT2D eigenvalue weighted by molar-refractivity contribution is 7.99. The quantitative estimate of drug-likeness (QED) is 0.420. The SMILES string of the molecule is Cc1ccc(SC2O[C@H](CO)[C@H](OCc3ccccc3)[C@H](O)[C@H]2N=[N+]=[N-])cc1. The fourth-order valence-corrected chi connectivity index (χ4v) is 4.17. The van der Waals surface area contributed by atoms with Crippen molar-refractivity contribution in [1.82, 2.24) is 0 Å². The summed E-state index contributed by atoms with van der Waals surface area (Å²) in [6, 6.07) is 16.5. The number of benzene rings is 2. The summed E-state index contributed by atoms with van der Waals surface area (Å²) in [7, 11) is 0. The Labute approximate surface area is 167 Å². The second-order valence-electron chi connectivity index (χ2n) is 6.60. The lowest BCUT2D eigenvalue weighted by Gasteiger charge is -2.42. The van der Waals surface area contributed by atoms with Gasteiger partial charge in [-0.1, -0.05) is 64.9 Å². The van der Waals surface area contributed by atoms with Crippen LogP contribution >= 0.6 is 11.8 Å². The highest BCUT2D eigenvalue weighted by Crippen LogP contribution is 2.36. The van der Waals surface area contributed by atoms with Gasteiger partial charge in [0.15, 0.2) is 0 Å². The topological polar surface area (TPSA) is 108 Å². The van der Waals surface area contributed by atoms with Gasteiger partial charge in [-0.2, -0.15) is 0 Å². The van der Waals surface area contributed by atoms with E-state index in [9.17, 15) is 10.2 Å². The van der Waals surface area contributed by atoms with Crippen LogP contribution in [0.4, 0.5) is 0 Å². The third-order valence-corrected chi connectivity index (χ3v) is 5.73. The number of aryl methyl sites for hydroxylation is 1. The van der Waals surface area contributed by atoms with Crippen molar-refractivity contribution in [3.05, 3.63) is 76.2 Å². The number of hydrogen-bond donors (Lipinski definition) is 2. The Morgan fingerprint density at radius 3 is 2.54 bits per heavy atom. The fraction of sp³-hybridized carbons (Fsp3) is 0.400. The minimum atomic E-state index is -1.10. The number of aliphatic hydroxyl groups excluding tert-OH is 2. The van der Waals surface area contributed by atoms with Crippen LogP contribution in [0.5, 0.6) is 0 Å². The van der Waals surface area contributed by atoms with E-state index in [1.165, 1.54) is 11.8 Å². The molecule has 1 fully saturated rings. The summed E-state index contributed by atoms with van der Waals surface area (Å²) >= 11 is 1.35. The molecule has 0 spiro atoms. The predicted molar refractivity (Wildman–Crippen MR) is 107 cm³/mol. The molecule has 0 saturated carbocycles. The van der Waals surface area contributed by atoms with Crippen LogP contribution in [0.3, 0.4) is 0 Å². The summed E-state index contributed by atoms with van der Waals surface area (Å²) in [5.41, 5.74) is 10.4. The third kappa shape index (κ3) is 5.05. The molecular formula is C20H23N3O4S. The smallest absolute Gasteiger partial charge is 0.119 e. The maximum atomic E-state index is 10.8. The number of hydrogen-bond acceptors (Lipinski definition) is 6. The van der Waals surface area contributed by atoms with Crippen molar-refractivity contribution in [2.45, 2.75) is 48.2 Å². The van der Waals surface area contributed by atoms with Crippen molar-refractivity contribution in [2.24, 2.45) is 5.11 Å². The monoisotopic (exact) mass is 401 g/mol. The Morgan fingerprint density at radius 2 is 1.89 bits per heavy atom. The zero-order chi connectivity index (χ0) is 19.9. The molecule has 1 aliphatic rings. The standard InChI is InChI=1S/C20H23N3O4S/c1-13-7-9-15(10-8-13)28-20-17(22-23-21)18(25)19(16(11-24)27-20)26-12-14-5-3-2-4-6-14/h2-10,16-20,24-25H,11-12H2,1H3/t16-,17-,18-,19+,20?/m1/s1. The lowest BCUT2D eigenvalue weighted by atomic mass is 9.98. The summed E-state index contributed by atoms with van der Waals surface area (Å²) < 4.78 is 11.8. The number of rotatable bonds is 7. The highest BCUT2D eigenvalue weighted by Gasteiger charge is 2.45. The van der Waals surface area contributed by atoms with Crippen LogP contribution in [0.1, 0.15) is 11.1 Å². The van der Waals surface area contributed by atoms with Crippen LogP contribution in [0.15, 0.2) is 64.6 Å². The van der Waals surface area contributed by atoms with E-state index in [1.54, 1.807) is 0 Å². The van der Waals surface area contributed by atoms with Crippen LogP contribution in [0.2, 0.25) is 0 Å². The number of ether oxygens (including phenoxy) is 2. The van der Waals surface area contributed by atoms with E-state index < -0.39 is 29.8 Å². The van der Waals surface area contributed by atoms with E-state index in [0.717, 1.165) is 16.0 Å². The third-order valence-electron chi connectivity index (χ3n) is 4.56. The maximum absolute atomic E-state index is 10.8. The summed E-state index contributed by atoms with van der Waals surface area (Å²) in [4.78, 5) is 3.79. The van der Waals surface area contributed by atoms with Gasteiger partial charge in [-0.15, -0.1) is 0 Å². The van der Waals surface area contributed by atoms with Crippen LogP contribution in [0.25, 0.3) is 10.4 Å². The van der Waals surface area contributed by atoms with Crippen molar-refractivity contribution in [2.75, 3.05) is 6.61 Å². The van der Waals surface area contributed by atoms with Gasteiger partial charge in [0.25, 0.3) is 0 Å². The summed E-state index contributed by atoms with van der Waals surface area (Å²) in [6.45, 7) is 1.93. The normalized spacial score (nSPS) is 27.2. The number of thioether (sulfide) groups is 1. The molecule has 5 atom stereocenters. The molecule has 1 saturated heterocycles. The Bertz CT molecular complexity index is 799. The van der Waals surface area contributed by atoms with E-state index in [1.807, 2.05) is 61.5 Å². The number of aliphatic hydroxyl groups is 2. The molecule has 3 rings (SSSR count). The first-order chi connectivity index (χ1) is 13.6. The first-order valence-corrected chi connectivity index (χ1v) is 9.88. The minimum absolute atomic E-state index is 0.251. The second kappa shape index (κ2) is 9.93. The molecular weight excluding hydrogens is 378 g/mol. The van der Waals surface area contributed by atoms with Gasteiger partial charge in [0.05, 0.1) is 19.3 Å². The van der Waals surface area contributed by atoms with Crippen LogP contribution < -0.4 is 0 Å². The van der Waals surface area contributed by atoms with Gasteiger partial charge in [-0.3, -0.25) is 0 Å². The van der Waals surface area contributed by atoms with Gasteiger partial charge in [0.2, 0.25) is 0 Å². The molecule has 28 heavy (non-hydrogen) atoms. The van der Waals surface area contributed by atoms with Gasteiger partial charge in [0, 0.05) is 9.81 Å². The van der Waals surface area contributed by atoms with Crippen molar-refractivity contribution < 1.29 is 19.7 Å². The average molecular weight is 401 g/mol. The summed E-state index contributed by atoms with van der Waals surface area (Å²) in [6.07, 6.45) is -2.64. The first-order valence-electron chi connectivity index (χ1n) is 9.00. The molecule has 148 valence electrons. The molecule has 0 amide bonds. The molecule has 2 aromatic rings. The van der Waals surface area contributed by atoms with Crippen LogP contribution in [0, 0.1) is 6.92 Å². The molecule has 2 aromatic carbocycles. The first kappa shape index (κ1) is 20.7. The van der Waals surface area contributed by atoms with Gasteiger partial charge >= 0.3 is 0 Å². The van der Waals surface area contributed by atoms with E-state index in [4.69, 9.17) is 15.0 Å². The van der Waals surface area contributed by atoms with Crippen molar-refractivity contribution in [3.8, 4) is 0 Å². The van der Waals surface area contributed by atoms with E-state index in [2.05, 4.69) is 10.0 Å². The van der Waals surface area contributed by atoms with Gasteiger partial charge in [-0.05, 0) is 30.2 Å². The molecule has 1 heterocycles. The Kier molecular flexibility index (Phi) is 7.33. The minimum Gasteiger partial charge on any atom is -0.394 e. The second-order valence-corrected chi connectivity index (χ2v) is 7.78. The van der Waals surface area contributed by atoms with Gasteiger partial charge in [-0.25, -0.2) is 0 Å². The van der Waals surface area contributed by atoms with Crippen molar-refractivity contribution >= 4 is 11.8 Å². The van der Waals surface area contributed by atoms with Crippen LogP contribution in [-0.2, 0) is 16.1 Å². The predicted octanol–water partition coefficient (Wildman–Crippen LogP) is 3.43. The van der Waals surface area contributed by atoms with Crippen molar-refractivity contribution in [3.63, 3.8) is 0 Å². The molecule has 7 nitrogen and oxygen atoms in total. The lowest BCUT2D eigenvalue weighted by molar-refractivity contribution is -0.190. The average Bonchev–Trinajstić information content (AvgIpc) is 2.72. The molecule has 2 N–H and O–H groups in total. The largest absolute Gasteiger partial charge is 0.394 e. The van der Waals surface area contributed by atoms with E-state index in [-0.39, 0.29) is 13.2 Å². The Hall–Kier alpha value is -2.06. The summed E-state index contributed by atoms with van der Waals surface area (Å²) in [5, 5.41) is 24.4. The Balaban J connectivity index is 1.75. The zero-order valence-corrected chi connectivity index (χ0v) is 16.3. The maximum Gasteiger partial charge on any atom is 0.119 e. The molecule has 0 bridgehead atoms. The fourth-order valence-electron chi connectivity index (χ4n) is 3.06. The number of azide groups is 1. The molecule has 1 aliphatic heterocycles. The Morgan fingerprint density at radius 1 is 1.18 bits per heavy atom.